The highest BCUT2D eigenvalue weighted by Gasteiger charge is 2.42. The van der Waals surface area contributed by atoms with Crippen LogP contribution in [0, 0.1) is 6.92 Å². The number of hydrogen-bond donors (Lipinski definition) is 0. The summed E-state index contributed by atoms with van der Waals surface area (Å²) >= 11 is 5.95. The van der Waals surface area contributed by atoms with Crippen molar-refractivity contribution in [2.75, 3.05) is 21.3 Å². The Morgan fingerprint density at radius 3 is 2.07 bits per heavy atom. The molecule has 15 heavy (non-hydrogen) atoms. The van der Waals surface area contributed by atoms with Gasteiger partial charge in [-0.3, -0.25) is 0 Å². The summed E-state index contributed by atoms with van der Waals surface area (Å²) < 4.78 is 16.2. The summed E-state index contributed by atoms with van der Waals surface area (Å²) in [4.78, 5) is 0. The number of benzene rings is 1. The van der Waals surface area contributed by atoms with Crippen molar-refractivity contribution in [3.8, 4) is 0 Å². The maximum atomic E-state index is 5.95. The van der Waals surface area contributed by atoms with Gasteiger partial charge in [-0.2, -0.15) is 0 Å². The molecule has 0 spiro atoms. The van der Waals surface area contributed by atoms with Crippen LogP contribution < -0.4 is 5.19 Å². The molecule has 1 rings (SSSR count). The third kappa shape index (κ3) is 2.41. The van der Waals surface area contributed by atoms with E-state index in [1.807, 2.05) is 25.1 Å². The number of rotatable bonds is 4. The summed E-state index contributed by atoms with van der Waals surface area (Å²) in [5, 5.41) is 1.56. The molecular formula is C10H15ClO3Si. The minimum Gasteiger partial charge on any atom is -0.373 e. The quantitative estimate of drug-likeness (QED) is 0.758. The molecule has 0 amide bonds. The number of halogens is 1. The Hall–Kier alpha value is -0.393. The van der Waals surface area contributed by atoms with Crippen molar-refractivity contribution in [1.82, 2.24) is 0 Å². The summed E-state index contributed by atoms with van der Waals surface area (Å²) in [7, 11) is 1.99. The Morgan fingerprint density at radius 1 is 1.07 bits per heavy atom. The van der Waals surface area contributed by atoms with Gasteiger partial charge < -0.3 is 13.3 Å². The van der Waals surface area contributed by atoms with Crippen LogP contribution in [-0.2, 0) is 13.3 Å². The van der Waals surface area contributed by atoms with Gasteiger partial charge in [-0.15, -0.1) is 0 Å². The normalized spacial score (nSPS) is 11.8. The maximum Gasteiger partial charge on any atom is 0.536 e. The molecule has 3 nitrogen and oxygen atoms in total. The Morgan fingerprint density at radius 2 is 1.60 bits per heavy atom. The molecule has 0 unspecified atom stereocenters. The van der Waals surface area contributed by atoms with E-state index < -0.39 is 8.80 Å². The Balaban J connectivity index is 3.27. The predicted molar refractivity (Wildman–Crippen MR) is 62.6 cm³/mol. The van der Waals surface area contributed by atoms with Crippen molar-refractivity contribution in [3.05, 3.63) is 28.8 Å². The molecule has 84 valence electrons. The van der Waals surface area contributed by atoms with Crippen molar-refractivity contribution in [3.63, 3.8) is 0 Å². The van der Waals surface area contributed by atoms with E-state index in [9.17, 15) is 0 Å². The molecule has 5 heteroatoms. The summed E-state index contributed by atoms with van der Waals surface area (Å²) in [6, 6.07) is 5.59. The monoisotopic (exact) mass is 246 g/mol. The molecule has 1 aromatic rings. The molecule has 0 aliphatic carbocycles. The zero-order valence-corrected chi connectivity index (χ0v) is 11.1. The van der Waals surface area contributed by atoms with E-state index in [-0.39, 0.29) is 0 Å². The van der Waals surface area contributed by atoms with Gasteiger partial charge in [-0.1, -0.05) is 17.7 Å². The first kappa shape index (κ1) is 12.7. The molecule has 0 aliphatic heterocycles. The van der Waals surface area contributed by atoms with Crippen LogP contribution >= 0.6 is 11.6 Å². The zero-order valence-electron chi connectivity index (χ0n) is 9.33. The van der Waals surface area contributed by atoms with Crippen LogP contribution in [0.2, 0.25) is 5.02 Å². The van der Waals surface area contributed by atoms with Gasteiger partial charge in [0.15, 0.2) is 0 Å². The molecular weight excluding hydrogens is 232 g/mol. The summed E-state index contributed by atoms with van der Waals surface area (Å²) in [5.41, 5.74) is 1.05. The van der Waals surface area contributed by atoms with Gasteiger partial charge in [0.05, 0.1) is 0 Å². The molecule has 0 bridgehead atoms. The van der Waals surface area contributed by atoms with Gasteiger partial charge in [0.1, 0.15) is 0 Å². The predicted octanol–water partition coefficient (Wildman–Crippen LogP) is 1.73. The van der Waals surface area contributed by atoms with Crippen molar-refractivity contribution in [1.29, 1.82) is 0 Å². The van der Waals surface area contributed by atoms with E-state index in [4.69, 9.17) is 24.9 Å². The molecule has 0 heterocycles. The second kappa shape index (κ2) is 5.09. The van der Waals surface area contributed by atoms with E-state index >= 15 is 0 Å². The van der Waals surface area contributed by atoms with Crippen LogP contribution in [0.25, 0.3) is 0 Å². The van der Waals surface area contributed by atoms with Crippen molar-refractivity contribution < 1.29 is 13.3 Å². The van der Waals surface area contributed by atoms with Crippen LogP contribution in [0.4, 0.5) is 0 Å². The average molecular weight is 247 g/mol. The lowest BCUT2D eigenvalue weighted by atomic mass is 10.2. The van der Waals surface area contributed by atoms with E-state index in [0.29, 0.717) is 5.02 Å². The van der Waals surface area contributed by atoms with Gasteiger partial charge in [-0.05, 0) is 24.6 Å². The van der Waals surface area contributed by atoms with Crippen molar-refractivity contribution >= 4 is 25.6 Å². The zero-order chi connectivity index (χ0) is 11.5. The maximum absolute atomic E-state index is 5.95. The molecule has 1 aromatic carbocycles. The first-order valence-electron chi connectivity index (χ1n) is 4.51. The molecule has 0 saturated carbocycles. The molecule has 0 N–H and O–H groups in total. The van der Waals surface area contributed by atoms with Crippen molar-refractivity contribution in [2.24, 2.45) is 0 Å². The van der Waals surface area contributed by atoms with E-state index in [1.54, 1.807) is 21.3 Å². The fraction of sp³-hybridized carbons (Fsp3) is 0.400. The van der Waals surface area contributed by atoms with Gasteiger partial charge in [-0.25, -0.2) is 0 Å². The highest BCUT2D eigenvalue weighted by Crippen LogP contribution is 2.14. The fourth-order valence-corrected chi connectivity index (χ4v) is 3.83. The second-order valence-corrected chi connectivity index (χ2v) is 6.44. The lowest BCUT2D eigenvalue weighted by molar-refractivity contribution is 0.140. The van der Waals surface area contributed by atoms with E-state index in [0.717, 1.165) is 10.8 Å². The molecule has 0 aromatic heterocycles. The molecule has 0 radical (unpaired) electrons. The van der Waals surface area contributed by atoms with Crippen molar-refractivity contribution in [2.45, 2.75) is 6.92 Å². The minimum absolute atomic E-state index is 0.652. The lowest BCUT2D eigenvalue weighted by Crippen LogP contribution is -2.55. The summed E-state index contributed by atoms with van der Waals surface area (Å²) in [6.07, 6.45) is 0. The van der Waals surface area contributed by atoms with Crippen LogP contribution in [-0.4, -0.2) is 30.1 Å². The van der Waals surface area contributed by atoms with Crippen LogP contribution in [0.15, 0.2) is 18.2 Å². The summed E-state index contributed by atoms with van der Waals surface area (Å²) in [5.74, 6) is 0. The van der Waals surface area contributed by atoms with Crippen LogP contribution in [0.3, 0.4) is 0 Å². The number of hydrogen-bond acceptors (Lipinski definition) is 3. The SMILES string of the molecule is CO[Si](OC)(OC)c1cc(Cl)ccc1C. The largest absolute Gasteiger partial charge is 0.536 e. The second-order valence-electron chi connectivity index (χ2n) is 3.13. The smallest absolute Gasteiger partial charge is 0.373 e. The molecule has 0 atom stereocenters. The van der Waals surface area contributed by atoms with E-state index in [2.05, 4.69) is 0 Å². The molecule has 0 fully saturated rings. The first-order chi connectivity index (χ1) is 7.09. The lowest BCUT2D eigenvalue weighted by Gasteiger charge is -2.26. The third-order valence-electron chi connectivity index (χ3n) is 2.34. The molecule has 0 aliphatic rings. The Kier molecular flexibility index (Phi) is 4.30. The highest BCUT2D eigenvalue weighted by atomic mass is 35.5. The topological polar surface area (TPSA) is 27.7 Å². The number of aryl methyl sites for hydroxylation is 1. The van der Waals surface area contributed by atoms with E-state index in [1.165, 1.54) is 0 Å². The fourth-order valence-electron chi connectivity index (χ4n) is 1.50. The van der Waals surface area contributed by atoms with Gasteiger partial charge >= 0.3 is 8.80 Å². The van der Waals surface area contributed by atoms with Crippen LogP contribution in [0.1, 0.15) is 5.56 Å². The van der Waals surface area contributed by atoms with Gasteiger partial charge in [0.2, 0.25) is 0 Å². The minimum atomic E-state index is -2.75. The van der Waals surface area contributed by atoms with Crippen LogP contribution in [0.5, 0.6) is 0 Å². The Bertz CT molecular complexity index is 331. The summed E-state index contributed by atoms with van der Waals surface area (Å²) in [6.45, 7) is 1.98. The standard InChI is InChI=1S/C10H15ClO3Si/c1-8-5-6-9(11)7-10(8)15(12-2,13-3)14-4/h5-7H,1-4H3. The molecule has 0 saturated heterocycles. The Labute approximate surface area is 96.3 Å². The first-order valence-corrected chi connectivity index (χ1v) is 6.62. The van der Waals surface area contributed by atoms with Gasteiger partial charge in [0, 0.05) is 31.5 Å². The van der Waals surface area contributed by atoms with Gasteiger partial charge in [0.25, 0.3) is 0 Å². The third-order valence-corrected chi connectivity index (χ3v) is 5.38. The average Bonchev–Trinajstić information content (AvgIpc) is 2.26. The highest BCUT2D eigenvalue weighted by molar-refractivity contribution is 6.75.